The van der Waals surface area contributed by atoms with Gasteiger partial charge in [0, 0.05) is 13.1 Å². The summed E-state index contributed by atoms with van der Waals surface area (Å²) in [5.41, 5.74) is 0. The predicted octanol–water partition coefficient (Wildman–Crippen LogP) is 1.60. The molecule has 0 radical (unpaired) electrons. The summed E-state index contributed by atoms with van der Waals surface area (Å²) in [7, 11) is -3.07. The summed E-state index contributed by atoms with van der Waals surface area (Å²) in [6.07, 6.45) is 3.68. The molecule has 1 N–H and O–H groups in total. The summed E-state index contributed by atoms with van der Waals surface area (Å²) >= 11 is 0. The van der Waals surface area contributed by atoms with Crippen molar-refractivity contribution in [1.82, 2.24) is 9.62 Å². The van der Waals surface area contributed by atoms with Crippen LogP contribution in [0, 0.1) is 0 Å². The molecule has 0 saturated carbocycles. The Balaban J connectivity index is 2.26. The fourth-order valence-electron chi connectivity index (χ4n) is 1.77. The highest BCUT2D eigenvalue weighted by molar-refractivity contribution is 7.88. The first-order valence-corrected chi connectivity index (χ1v) is 8.02. The number of rotatable bonds is 8. The molecule has 0 aliphatic heterocycles. The van der Waals surface area contributed by atoms with Crippen LogP contribution >= 0.6 is 0 Å². The number of sulfonamides is 1. The van der Waals surface area contributed by atoms with Gasteiger partial charge in [-0.3, -0.25) is 0 Å². The first-order chi connectivity index (χ1) is 8.45. The van der Waals surface area contributed by atoms with E-state index in [1.807, 2.05) is 26.0 Å². The molecule has 5 nitrogen and oxygen atoms in total. The van der Waals surface area contributed by atoms with Gasteiger partial charge in [0.1, 0.15) is 5.76 Å². The highest BCUT2D eigenvalue weighted by atomic mass is 32.2. The molecule has 0 bridgehead atoms. The van der Waals surface area contributed by atoms with Crippen LogP contribution in [0.5, 0.6) is 0 Å². The van der Waals surface area contributed by atoms with Gasteiger partial charge < -0.3 is 9.73 Å². The number of nitrogens with one attached hydrogen (secondary N) is 1. The summed E-state index contributed by atoms with van der Waals surface area (Å²) in [5.74, 6) is 0.894. The zero-order valence-electron chi connectivity index (χ0n) is 11.2. The molecule has 18 heavy (non-hydrogen) atoms. The molecule has 1 aromatic heterocycles. The van der Waals surface area contributed by atoms with Gasteiger partial charge in [-0.05, 0) is 32.0 Å². The van der Waals surface area contributed by atoms with Gasteiger partial charge in [-0.1, -0.05) is 6.92 Å². The minimum absolute atomic E-state index is 0.147. The van der Waals surface area contributed by atoms with Crippen LogP contribution in [0.3, 0.4) is 0 Å². The lowest BCUT2D eigenvalue weighted by molar-refractivity contribution is 0.396. The van der Waals surface area contributed by atoms with Crippen LogP contribution in [0.1, 0.15) is 32.1 Å². The van der Waals surface area contributed by atoms with E-state index in [0.717, 1.165) is 18.7 Å². The molecule has 0 aliphatic carbocycles. The van der Waals surface area contributed by atoms with Crippen molar-refractivity contribution in [3.8, 4) is 0 Å². The standard InChI is InChI=1S/C12H22N2O3S/c1-4-14(18(3,15)16)9-6-8-13-11(2)12-7-5-10-17-12/h5,7,10-11,13H,4,6,8-9H2,1-3H3. The summed E-state index contributed by atoms with van der Waals surface area (Å²) in [4.78, 5) is 0. The molecule has 1 unspecified atom stereocenters. The van der Waals surface area contributed by atoms with Crippen molar-refractivity contribution in [2.75, 3.05) is 25.9 Å². The first kappa shape index (κ1) is 15.2. The van der Waals surface area contributed by atoms with E-state index in [1.54, 1.807) is 6.26 Å². The maximum absolute atomic E-state index is 11.4. The molecule has 0 fully saturated rings. The Morgan fingerprint density at radius 1 is 1.50 bits per heavy atom. The molecule has 0 aromatic carbocycles. The lowest BCUT2D eigenvalue weighted by Crippen LogP contribution is -2.32. The second-order valence-corrected chi connectivity index (χ2v) is 6.28. The van der Waals surface area contributed by atoms with E-state index in [0.29, 0.717) is 13.1 Å². The molecular formula is C12H22N2O3S. The lowest BCUT2D eigenvalue weighted by Gasteiger charge is -2.18. The monoisotopic (exact) mass is 274 g/mol. The van der Waals surface area contributed by atoms with Crippen LogP contribution in [-0.2, 0) is 10.0 Å². The van der Waals surface area contributed by atoms with E-state index >= 15 is 0 Å². The van der Waals surface area contributed by atoms with Crippen LogP contribution in [-0.4, -0.2) is 38.6 Å². The largest absolute Gasteiger partial charge is 0.468 e. The summed E-state index contributed by atoms with van der Waals surface area (Å²) in [6, 6.07) is 3.93. The average molecular weight is 274 g/mol. The number of hydrogen-bond donors (Lipinski definition) is 1. The average Bonchev–Trinajstić information content (AvgIpc) is 2.80. The van der Waals surface area contributed by atoms with E-state index in [-0.39, 0.29) is 6.04 Å². The highest BCUT2D eigenvalue weighted by Gasteiger charge is 2.13. The van der Waals surface area contributed by atoms with Crippen LogP contribution in [0.4, 0.5) is 0 Å². The van der Waals surface area contributed by atoms with Gasteiger partial charge in [-0.15, -0.1) is 0 Å². The Bertz CT molecular complexity index is 428. The second kappa shape index (κ2) is 6.92. The molecule has 1 aromatic rings. The van der Waals surface area contributed by atoms with Gasteiger partial charge in [0.15, 0.2) is 0 Å². The van der Waals surface area contributed by atoms with E-state index in [9.17, 15) is 8.42 Å². The van der Waals surface area contributed by atoms with Crippen molar-refractivity contribution in [3.63, 3.8) is 0 Å². The van der Waals surface area contributed by atoms with Gasteiger partial charge in [0.25, 0.3) is 0 Å². The number of furan rings is 1. The molecule has 0 spiro atoms. The Kier molecular flexibility index (Phi) is 5.84. The van der Waals surface area contributed by atoms with E-state index in [4.69, 9.17) is 4.42 Å². The van der Waals surface area contributed by atoms with E-state index in [1.165, 1.54) is 10.6 Å². The number of nitrogens with zero attached hydrogens (tertiary/aromatic N) is 1. The third-order valence-electron chi connectivity index (χ3n) is 2.83. The number of hydrogen-bond acceptors (Lipinski definition) is 4. The highest BCUT2D eigenvalue weighted by Crippen LogP contribution is 2.11. The molecule has 104 valence electrons. The maximum atomic E-state index is 11.4. The predicted molar refractivity (Wildman–Crippen MR) is 71.8 cm³/mol. The molecule has 1 atom stereocenters. The third-order valence-corrected chi connectivity index (χ3v) is 4.21. The smallest absolute Gasteiger partial charge is 0.211 e. The molecule has 0 aliphatic rings. The Morgan fingerprint density at radius 3 is 2.72 bits per heavy atom. The normalized spacial score (nSPS) is 14.0. The molecule has 6 heteroatoms. The topological polar surface area (TPSA) is 62.6 Å². The van der Waals surface area contributed by atoms with Crippen molar-refractivity contribution in [1.29, 1.82) is 0 Å². The van der Waals surface area contributed by atoms with Crippen molar-refractivity contribution >= 4 is 10.0 Å². The Labute approximate surface area is 109 Å². The van der Waals surface area contributed by atoms with Gasteiger partial charge in [0.05, 0.1) is 18.6 Å². The first-order valence-electron chi connectivity index (χ1n) is 6.17. The van der Waals surface area contributed by atoms with Gasteiger partial charge in [0.2, 0.25) is 10.0 Å². The van der Waals surface area contributed by atoms with Gasteiger partial charge >= 0.3 is 0 Å². The fraction of sp³-hybridized carbons (Fsp3) is 0.667. The second-order valence-electron chi connectivity index (χ2n) is 4.30. The minimum atomic E-state index is -3.07. The zero-order valence-corrected chi connectivity index (χ0v) is 12.0. The van der Waals surface area contributed by atoms with Crippen LogP contribution in [0.15, 0.2) is 22.8 Å². The Hall–Kier alpha value is -0.850. The van der Waals surface area contributed by atoms with Crippen molar-refractivity contribution < 1.29 is 12.8 Å². The third kappa shape index (κ3) is 4.80. The molecule has 0 amide bonds. The van der Waals surface area contributed by atoms with E-state index in [2.05, 4.69) is 5.32 Å². The maximum Gasteiger partial charge on any atom is 0.211 e. The fourth-order valence-corrected chi connectivity index (χ4v) is 2.70. The quantitative estimate of drug-likeness (QED) is 0.731. The minimum Gasteiger partial charge on any atom is -0.468 e. The molecule has 1 heterocycles. The summed E-state index contributed by atoms with van der Waals surface area (Å²) in [6.45, 7) is 5.70. The summed E-state index contributed by atoms with van der Waals surface area (Å²) < 4.78 is 29.5. The van der Waals surface area contributed by atoms with E-state index < -0.39 is 10.0 Å². The molecule has 1 rings (SSSR count). The van der Waals surface area contributed by atoms with Gasteiger partial charge in [-0.25, -0.2) is 12.7 Å². The van der Waals surface area contributed by atoms with Crippen LogP contribution < -0.4 is 5.32 Å². The summed E-state index contributed by atoms with van der Waals surface area (Å²) in [5, 5.41) is 3.30. The van der Waals surface area contributed by atoms with Gasteiger partial charge in [-0.2, -0.15) is 0 Å². The van der Waals surface area contributed by atoms with Crippen molar-refractivity contribution in [2.45, 2.75) is 26.3 Å². The van der Waals surface area contributed by atoms with Crippen molar-refractivity contribution in [2.24, 2.45) is 0 Å². The SMILES string of the molecule is CCN(CCCNC(C)c1ccco1)S(C)(=O)=O. The molecule has 0 saturated heterocycles. The van der Waals surface area contributed by atoms with Crippen LogP contribution in [0.2, 0.25) is 0 Å². The zero-order chi connectivity index (χ0) is 13.6. The molecular weight excluding hydrogens is 252 g/mol. The van der Waals surface area contributed by atoms with Crippen LogP contribution in [0.25, 0.3) is 0 Å². The van der Waals surface area contributed by atoms with Crippen molar-refractivity contribution in [3.05, 3.63) is 24.2 Å². The lowest BCUT2D eigenvalue weighted by atomic mass is 10.2. The Morgan fingerprint density at radius 2 is 2.22 bits per heavy atom.